The Morgan fingerprint density at radius 2 is 2.16 bits per heavy atom. The fourth-order valence-corrected chi connectivity index (χ4v) is 3.06. The van der Waals surface area contributed by atoms with Gasteiger partial charge in [-0.2, -0.15) is 0 Å². The van der Waals surface area contributed by atoms with Gasteiger partial charge in [-0.3, -0.25) is 0 Å². The molecule has 2 unspecified atom stereocenters. The Morgan fingerprint density at radius 1 is 1.37 bits per heavy atom. The van der Waals surface area contributed by atoms with Crippen LogP contribution in [0.4, 0.5) is 0 Å². The Labute approximate surface area is 117 Å². The fraction of sp³-hybridized carbons (Fsp3) is 0.647. The fourth-order valence-electron chi connectivity index (χ4n) is 3.06. The van der Waals surface area contributed by atoms with Gasteiger partial charge in [0, 0.05) is 6.61 Å². The van der Waals surface area contributed by atoms with Gasteiger partial charge in [-0.05, 0) is 63.3 Å². The molecule has 0 saturated carbocycles. The molecule has 0 amide bonds. The molecule has 106 valence electrons. The van der Waals surface area contributed by atoms with Gasteiger partial charge in [0.1, 0.15) is 0 Å². The average Bonchev–Trinajstić information content (AvgIpc) is 2.82. The lowest BCUT2D eigenvalue weighted by molar-refractivity contribution is -0.0126. The molecule has 1 aliphatic heterocycles. The van der Waals surface area contributed by atoms with Crippen LogP contribution in [-0.2, 0) is 4.74 Å². The molecule has 2 nitrogen and oxygen atoms in total. The third-order valence-corrected chi connectivity index (χ3v) is 4.42. The first-order valence-corrected chi connectivity index (χ1v) is 7.52. The highest BCUT2D eigenvalue weighted by Gasteiger charge is 2.39. The molecule has 0 spiro atoms. The molecule has 1 aliphatic rings. The van der Waals surface area contributed by atoms with E-state index in [1.807, 2.05) is 0 Å². The lowest BCUT2D eigenvalue weighted by Gasteiger charge is -2.35. The first-order valence-electron chi connectivity index (χ1n) is 7.52. The second kappa shape index (κ2) is 6.06. The van der Waals surface area contributed by atoms with Crippen LogP contribution in [0, 0.1) is 13.8 Å². The number of hydrogen-bond donors (Lipinski definition) is 1. The zero-order valence-corrected chi connectivity index (χ0v) is 12.8. The maximum absolute atomic E-state index is 6.09. The van der Waals surface area contributed by atoms with Crippen molar-refractivity contribution in [1.82, 2.24) is 5.32 Å². The molecule has 1 fully saturated rings. The molecule has 2 rings (SSSR count). The van der Waals surface area contributed by atoms with Crippen molar-refractivity contribution in [1.29, 1.82) is 0 Å². The molecule has 0 aromatic heterocycles. The van der Waals surface area contributed by atoms with Crippen molar-refractivity contribution in [3.8, 4) is 0 Å². The molecule has 1 aromatic rings. The maximum Gasteiger partial charge on any atom is 0.0849 e. The van der Waals surface area contributed by atoms with Crippen LogP contribution in [0.15, 0.2) is 18.2 Å². The highest BCUT2D eigenvalue weighted by Crippen LogP contribution is 2.38. The molecule has 2 heteroatoms. The van der Waals surface area contributed by atoms with Crippen LogP contribution in [-0.4, -0.2) is 18.8 Å². The van der Waals surface area contributed by atoms with E-state index in [0.717, 1.165) is 26.0 Å². The molecule has 1 N–H and O–H groups in total. The van der Waals surface area contributed by atoms with E-state index in [1.54, 1.807) is 0 Å². The summed E-state index contributed by atoms with van der Waals surface area (Å²) in [6, 6.07) is 6.90. The lowest BCUT2D eigenvalue weighted by Crippen LogP contribution is -2.42. The van der Waals surface area contributed by atoms with Gasteiger partial charge in [0.15, 0.2) is 0 Å². The summed E-state index contributed by atoms with van der Waals surface area (Å²) in [5, 5.41) is 3.71. The molecule has 1 saturated heterocycles. The average molecular weight is 261 g/mol. The lowest BCUT2D eigenvalue weighted by atomic mass is 9.84. The van der Waals surface area contributed by atoms with Gasteiger partial charge in [0.05, 0.1) is 11.6 Å². The number of rotatable bonds is 5. The largest absolute Gasteiger partial charge is 0.373 e. The van der Waals surface area contributed by atoms with Gasteiger partial charge in [-0.25, -0.2) is 0 Å². The van der Waals surface area contributed by atoms with Crippen molar-refractivity contribution in [3.63, 3.8) is 0 Å². The van der Waals surface area contributed by atoms with Crippen LogP contribution in [0.25, 0.3) is 0 Å². The summed E-state index contributed by atoms with van der Waals surface area (Å²) < 4.78 is 6.09. The van der Waals surface area contributed by atoms with Crippen LogP contribution >= 0.6 is 0 Å². The number of nitrogens with one attached hydrogen (secondary N) is 1. The molecular formula is C17H27NO. The van der Waals surface area contributed by atoms with E-state index in [9.17, 15) is 0 Å². The van der Waals surface area contributed by atoms with E-state index in [-0.39, 0.29) is 5.60 Å². The van der Waals surface area contributed by atoms with E-state index >= 15 is 0 Å². The molecule has 2 atom stereocenters. The topological polar surface area (TPSA) is 21.3 Å². The predicted molar refractivity (Wildman–Crippen MR) is 80.5 cm³/mol. The minimum Gasteiger partial charge on any atom is -0.373 e. The zero-order chi connectivity index (χ0) is 13.9. The molecular weight excluding hydrogens is 234 g/mol. The summed E-state index contributed by atoms with van der Waals surface area (Å²) in [6.07, 6.45) is 3.46. The Bertz CT molecular complexity index is 421. The second-order valence-corrected chi connectivity index (χ2v) is 5.94. The van der Waals surface area contributed by atoms with Crippen LogP contribution in [0.5, 0.6) is 0 Å². The summed E-state index contributed by atoms with van der Waals surface area (Å²) in [6.45, 7) is 10.8. The Kier molecular flexibility index (Phi) is 4.64. The van der Waals surface area contributed by atoms with E-state index < -0.39 is 0 Å². The summed E-state index contributed by atoms with van der Waals surface area (Å²) in [4.78, 5) is 0. The Morgan fingerprint density at radius 3 is 2.79 bits per heavy atom. The van der Waals surface area contributed by atoms with Crippen LogP contribution in [0.2, 0.25) is 0 Å². The van der Waals surface area contributed by atoms with Crippen LogP contribution < -0.4 is 5.32 Å². The quantitative estimate of drug-likeness (QED) is 0.867. The van der Waals surface area contributed by atoms with Crippen molar-refractivity contribution in [2.45, 2.75) is 58.6 Å². The molecule has 0 radical (unpaired) electrons. The van der Waals surface area contributed by atoms with Crippen molar-refractivity contribution in [2.75, 3.05) is 13.2 Å². The smallest absolute Gasteiger partial charge is 0.0849 e. The van der Waals surface area contributed by atoms with Crippen molar-refractivity contribution in [2.24, 2.45) is 0 Å². The highest BCUT2D eigenvalue weighted by molar-refractivity contribution is 5.37. The molecule has 1 heterocycles. The summed E-state index contributed by atoms with van der Waals surface area (Å²) >= 11 is 0. The molecule has 1 aromatic carbocycles. The summed E-state index contributed by atoms with van der Waals surface area (Å²) in [7, 11) is 0. The zero-order valence-electron chi connectivity index (χ0n) is 12.8. The third kappa shape index (κ3) is 3.01. The van der Waals surface area contributed by atoms with E-state index in [0.29, 0.717) is 6.04 Å². The first-order chi connectivity index (χ1) is 9.08. The van der Waals surface area contributed by atoms with Crippen molar-refractivity contribution >= 4 is 0 Å². The van der Waals surface area contributed by atoms with Crippen molar-refractivity contribution in [3.05, 3.63) is 34.9 Å². The standard InChI is InChI=1S/C17H27NO/c1-5-11-18-16(17(4)10-7-12-19-17)15-9-6-8-13(2)14(15)3/h6,8-9,16,18H,5,7,10-12H2,1-4H3. The van der Waals surface area contributed by atoms with Gasteiger partial charge in [0.25, 0.3) is 0 Å². The Balaban J connectivity index is 2.34. The maximum atomic E-state index is 6.09. The van der Waals surface area contributed by atoms with Gasteiger partial charge in [-0.15, -0.1) is 0 Å². The predicted octanol–water partition coefficient (Wildman–Crippen LogP) is 3.91. The number of aryl methyl sites for hydroxylation is 1. The van der Waals surface area contributed by atoms with E-state index in [1.165, 1.54) is 23.1 Å². The van der Waals surface area contributed by atoms with Gasteiger partial charge in [0.2, 0.25) is 0 Å². The minimum atomic E-state index is -0.0618. The molecule has 0 aliphatic carbocycles. The van der Waals surface area contributed by atoms with E-state index in [4.69, 9.17) is 4.74 Å². The summed E-state index contributed by atoms with van der Waals surface area (Å²) in [5.74, 6) is 0. The molecule has 19 heavy (non-hydrogen) atoms. The first kappa shape index (κ1) is 14.5. The van der Waals surface area contributed by atoms with Gasteiger partial charge < -0.3 is 10.1 Å². The van der Waals surface area contributed by atoms with Gasteiger partial charge in [-0.1, -0.05) is 25.1 Å². The number of hydrogen-bond acceptors (Lipinski definition) is 2. The highest BCUT2D eigenvalue weighted by atomic mass is 16.5. The van der Waals surface area contributed by atoms with Crippen LogP contribution in [0.3, 0.4) is 0 Å². The van der Waals surface area contributed by atoms with E-state index in [2.05, 4.69) is 51.2 Å². The normalized spacial score (nSPS) is 24.6. The number of ether oxygens (including phenoxy) is 1. The van der Waals surface area contributed by atoms with Crippen molar-refractivity contribution < 1.29 is 4.74 Å². The third-order valence-electron chi connectivity index (χ3n) is 4.42. The second-order valence-electron chi connectivity index (χ2n) is 5.94. The number of benzene rings is 1. The monoisotopic (exact) mass is 261 g/mol. The molecule has 0 bridgehead atoms. The van der Waals surface area contributed by atoms with Gasteiger partial charge >= 0.3 is 0 Å². The minimum absolute atomic E-state index is 0.0618. The SMILES string of the molecule is CCCNC(c1cccc(C)c1C)C1(C)CCCO1. The summed E-state index contributed by atoms with van der Waals surface area (Å²) in [5.41, 5.74) is 4.10. The Hall–Kier alpha value is -0.860. The van der Waals surface area contributed by atoms with Crippen LogP contribution in [0.1, 0.15) is 55.8 Å².